The summed E-state index contributed by atoms with van der Waals surface area (Å²) in [5.41, 5.74) is 0.870. The van der Waals surface area contributed by atoms with Crippen LogP contribution in [0.15, 0.2) is 30.3 Å². The lowest BCUT2D eigenvalue weighted by molar-refractivity contribution is -0.153. The molecule has 26 heavy (non-hydrogen) atoms. The Morgan fingerprint density at radius 3 is 2.27 bits per heavy atom. The van der Waals surface area contributed by atoms with Crippen LogP contribution < -0.4 is 10.6 Å². The highest BCUT2D eigenvalue weighted by molar-refractivity contribution is 5.87. The molecule has 1 fully saturated rings. The van der Waals surface area contributed by atoms with Crippen molar-refractivity contribution in [1.82, 2.24) is 10.6 Å². The smallest absolute Gasteiger partial charge is 0.329 e. The van der Waals surface area contributed by atoms with E-state index in [9.17, 15) is 14.4 Å². The van der Waals surface area contributed by atoms with Crippen LogP contribution in [0, 0.1) is 11.8 Å². The molecular formula is C20H28N2O4. The Morgan fingerprint density at radius 2 is 1.69 bits per heavy atom. The van der Waals surface area contributed by atoms with Crippen molar-refractivity contribution in [3.8, 4) is 0 Å². The van der Waals surface area contributed by atoms with Crippen molar-refractivity contribution in [2.24, 2.45) is 11.8 Å². The predicted molar refractivity (Wildman–Crippen MR) is 98.2 cm³/mol. The number of benzene rings is 1. The Kier molecular flexibility index (Phi) is 7.18. The molecule has 0 aromatic heterocycles. The Balaban J connectivity index is 1.80. The summed E-state index contributed by atoms with van der Waals surface area (Å²) in [4.78, 5) is 36.4. The highest BCUT2D eigenvalue weighted by atomic mass is 16.5. The van der Waals surface area contributed by atoms with Crippen LogP contribution in [-0.4, -0.2) is 36.5 Å². The highest BCUT2D eigenvalue weighted by Gasteiger charge is 2.30. The number of esters is 1. The van der Waals surface area contributed by atoms with E-state index in [0.29, 0.717) is 5.92 Å². The van der Waals surface area contributed by atoms with E-state index in [-0.39, 0.29) is 36.8 Å². The van der Waals surface area contributed by atoms with Crippen molar-refractivity contribution < 1.29 is 19.1 Å². The van der Waals surface area contributed by atoms with Crippen LogP contribution in [-0.2, 0) is 25.5 Å². The summed E-state index contributed by atoms with van der Waals surface area (Å²) in [6, 6.07) is 8.63. The summed E-state index contributed by atoms with van der Waals surface area (Å²) >= 11 is 0. The molecule has 0 spiro atoms. The molecule has 0 bridgehead atoms. The van der Waals surface area contributed by atoms with Crippen molar-refractivity contribution in [2.45, 2.75) is 52.1 Å². The molecule has 2 amide bonds. The van der Waals surface area contributed by atoms with E-state index >= 15 is 0 Å². The van der Waals surface area contributed by atoms with E-state index < -0.39 is 12.0 Å². The quantitative estimate of drug-likeness (QED) is 0.658. The third-order valence-electron chi connectivity index (χ3n) is 4.51. The van der Waals surface area contributed by atoms with Crippen molar-refractivity contribution in [1.29, 1.82) is 0 Å². The van der Waals surface area contributed by atoms with E-state index in [2.05, 4.69) is 10.6 Å². The highest BCUT2D eigenvalue weighted by Crippen LogP contribution is 2.32. The number of nitrogens with one attached hydrogen (secondary N) is 2. The average molecular weight is 360 g/mol. The van der Waals surface area contributed by atoms with Gasteiger partial charge in [-0.3, -0.25) is 9.59 Å². The van der Waals surface area contributed by atoms with Crippen LogP contribution in [0.4, 0.5) is 0 Å². The maximum absolute atomic E-state index is 12.3. The summed E-state index contributed by atoms with van der Waals surface area (Å²) in [6.07, 6.45) is 2.45. The maximum atomic E-state index is 12.3. The van der Waals surface area contributed by atoms with E-state index in [4.69, 9.17) is 4.74 Å². The summed E-state index contributed by atoms with van der Waals surface area (Å²) in [6.45, 7) is 5.28. The van der Waals surface area contributed by atoms with E-state index in [1.165, 1.54) is 0 Å². The first kappa shape index (κ1) is 19.9. The van der Waals surface area contributed by atoms with Gasteiger partial charge in [-0.1, -0.05) is 44.2 Å². The summed E-state index contributed by atoms with van der Waals surface area (Å²) in [5, 5.41) is 5.55. The fourth-order valence-electron chi connectivity index (χ4n) is 2.74. The van der Waals surface area contributed by atoms with Crippen LogP contribution in [0.5, 0.6) is 0 Å². The molecule has 2 rings (SSSR count). The summed E-state index contributed by atoms with van der Waals surface area (Å²) in [5.74, 6) is -0.754. The SMILES string of the molecule is CC(C)[C@H](NC(=O)Cc1ccccc1)C(=O)OCC(=O)N[C@H](C)C1CC1. The van der Waals surface area contributed by atoms with Crippen LogP contribution in [0.3, 0.4) is 0 Å². The second-order valence-corrected chi connectivity index (χ2v) is 7.25. The molecule has 0 radical (unpaired) electrons. The predicted octanol–water partition coefficient (Wildman–Crippen LogP) is 1.83. The lowest BCUT2D eigenvalue weighted by atomic mass is 10.0. The minimum absolute atomic E-state index is 0.104. The van der Waals surface area contributed by atoms with Gasteiger partial charge >= 0.3 is 5.97 Å². The molecule has 6 heteroatoms. The number of hydrogen-bond donors (Lipinski definition) is 2. The molecule has 1 aromatic carbocycles. The molecule has 1 saturated carbocycles. The van der Waals surface area contributed by atoms with Crippen molar-refractivity contribution in [3.63, 3.8) is 0 Å². The van der Waals surface area contributed by atoms with Gasteiger partial charge in [0.2, 0.25) is 5.91 Å². The molecule has 2 N–H and O–H groups in total. The van der Waals surface area contributed by atoms with Crippen LogP contribution in [0.1, 0.15) is 39.2 Å². The lowest BCUT2D eigenvalue weighted by Gasteiger charge is -2.21. The fraction of sp³-hybridized carbons (Fsp3) is 0.550. The zero-order valence-electron chi connectivity index (χ0n) is 15.7. The molecule has 1 aromatic rings. The first-order chi connectivity index (χ1) is 12.4. The molecule has 0 heterocycles. The largest absolute Gasteiger partial charge is 0.454 e. The van der Waals surface area contributed by atoms with Gasteiger partial charge < -0.3 is 15.4 Å². The molecule has 142 valence electrons. The van der Waals surface area contributed by atoms with Crippen LogP contribution >= 0.6 is 0 Å². The molecular weight excluding hydrogens is 332 g/mol. The third kappa shape index (κ3) is 6.50. The van der Waals surface area contributed by atoms with Gasteiger partial charge in [0.15, 0.2) is 6.61 Å². The van der Waals surface area contributed by atoms with Crippen molar-refractivity contribution in [2.75, 3.05) is 6.61 Å². The van der Waals surface area contributed by atoms with Crippen molar-refractivity contribution in [3.05, 3.63) is 35.9 Å². The number of carbonyl (C=O) groups is 3. The summed E-state index contributed by atoms with van der Waals surface area (Å²) < 4.78 is 5.11. The van der Waals surface area contributed by atoms with Gasteiger partial charge in [0.25, 0.3) is 5.91 Å². The summed E-state index contributed by atoms with van der Waals surface area (Å²) in [7, 11) is 0. The average Bonchev–Trinajstić information content (AvgIpc) is 3.43. The molecule has 0 unspecified atom stereocenters. The van der Waals surface area contributed by atoms with Gasteiger partial charge in [-0.2, -0.15) is 0 Å². The minimum atomic E-state index is -0.778. The van der Waals surface area contributed by atoms with E-state index in [1.54, 1.807) is 0 Å². The number of hydrogen-bond acceptors (Lipinski definition) is 4. The number of ether oxygens (including phenoxy) is 1. The fourth-order valence-corrected chi connectivity index (χ4v) is 2.74. The first-order valence-electron chi connectivity index (χ1n) is 9.16. The number of carbonyl (C=O) groups excluding carboxylic acids is 3. The van der Waals surface area contributed by atoms with Gasteiger partial charge in [0, 0.05) is 6.04 Å². The normalized spacial score (nSPS) is 15.8. The molecule has 6 nitrogen and oxygen atoms in total. The maximum Gasteiger partial charge on any atom is 0.329 e. The molecule has 1 aliphatic rings. The zero-order chi connectivity index (χ0) is 19.1. The Bertz CT molecular complexity index is 626. The monoisotopic (exact) mass is 360 g/mol. The first-order valence-corrected chi connectivity index (χ1v) is 9.16. The molecule has 1 aliphatic carbocycles. The van der Waals surface area contributed by atoms with Crippen LogP contribution in [0.2, 0.25) is 0 Å². The Morgan fingerprint density at radius 1 is 1.04 bits per heavy atom. The molecule has 2 atom stereocenters. The number of amides is 2. The second kappa shape index (κ2) is 9.36. The topological polar surface area (TPSA) is 84.5 Å². The van der Waals surface area contributed by atoms with E-state index in [1.807, 2.05) is 51.1 Å². The number of rotatable bonds is 9. The second-order valence-electron chi connectivity index (χ2n) is 7.25. The Labute approximate surface area is 154 Å². The zero-order valence-corrected chi connectivity index (χ0v) is 15.7. The van der Waals surface area contributed by atoms with Gasteiger partial charge in [0.05, 0.1) is 6.42 Å². The third-order valence-corrected chi connectivity index (χ3v) is 4.51. The van der Waals surface area contributed by atoms with Crippen LogP contribution in [0.25, 0.3) is 0 Å². The minimum Gasteiger partial charge on any atom is -0.454 e. The molecule has 0 aliphatic heterocycles. The van der Waals surface area contributed by atoms with E-state index in [0.717, 1.165) is 18.4 Å². The van der Waals surface area contributed by atoms with Gasteiger partial charge in [-0.25, -0.2) is 4.79 Å². The van der Waals surface area contributed by atoms with Gasteiger partial charge in [0.1, 0.15) is 6.04 Å². The van der Waals surface area contributed by atoms with Crippen molar-refractivity contribution >= 4 is 17.8 Å². The standard InChI is InChI=1S/C20H28N2O4/c1-13(2)19(22-17(23)11-15-7-5-4-6-8-15)20(25)26-12-18(24)21-14(3)16-9-10-16/h4-8,13-14,16,19H,9-12H2,1-3H3,(H,21,24)(H,22,23)/t14-,19+/m1/s1. The Hall–Kier alpha value is -2.37. The molecule has 0 saturated heterocycles. The van der Waals surface area contributed by atoms with Gasteiger partial charge in [-0.05, 0) is 37.2 Å². The van der Waals surface area contributed by atoms with Gasteiger partial charge in [-0.15, -0.1) is 0 Å². The lowest BCUT2D eigenvalue weighted by Crippen LogP contribution is -2.47.